The van der Waals surface area contributed by atoms with E-state index in [0.717, 1.165) is 29.4 Å². The third-order valence-electron chi connectivity index (χ3n) is 8.48. The maximum absolute atomic E-state index is 12.8. The number of hydrogen-bond acceptors (Lipinski definition) is 8. The Morgan fingerprint density at radius 3 is 2.66 bits per heavy atom. The number of benzene rings is 2. The lowest BCUT2D eigenvalue weighted by atomic mass is 9.76. The molecular formula is C31H38N6O4. The summed E-state index contributed by atoms with van der Waals surface area (Å²) in [6, 6.07) is 14.4. The van der Waals surface area contributed by atoms with Gasteiger partial charge in [0.05, 0.1) is 31.1 Å². The highest BCUT2D eigenvalue weighted by molar-refractivity contribution is 6.02. The molecule has 5 rings (SSSR count). The van der Waals surface area contributed by atoms with Gasteiger partial charge in [-0.25, -0.2) is 0 Å². The molecule has 216 valence electrons. The van der Waals surface area contributed by atoms with Crippen LogP contribution in [-0.4, -0.2) is 69.6 Å². The van der Waals surface area contributed by atoms with Crippen LogP contribution in [0.5, 0.6) is 0 Å². The van der Waals surface area contributed by atoms with E-state index in [2.05, 4.69) is 38.7 Å². The van der Waals surface area contributed by atoms with E-state index in [0.29, 0.717) is 18.7 Å². The molecule has 2 aromatic carbocycles. The van der Waals surface area contributed by atoms with Gasteiger partial charge >= 0.3 is 0 Å². The number of nitriles is 1. The van der Waals surface area contributed by atoms with Crippen molar-refractivity contribution in [2.45, 2.75) is 64.0 Å². The highest BCUT2D eigenvalue weighted by Gasteiger charge is 2.41. The van der Waals surface area contributed by atoms with Gasteiger partial charge in [-0.1, -0.05) is 30.3 Å². The van der Waals surface area contributed by atoms with Gasteiger partial charge in [0.1, 0.15) is 17.3 Å². The van der Waals surface area contributed by atoms with Crippen molar-refractivity contribution in [2.75, 3.05) is 25.1 Å². The first-order chi connectivity index (χ1) is 19.9. The topological polar surface area (TPSA) is 137 Å². The summed E-state index contributed by atoms with van der Waals surface area (Å²) in [6.45, 7) is 4.50. The fraction of sp³-hybridized carbons (Fsp3) is 0.484. The molecule has 2 fully saturated rings. The number of carbonyl (C=O) groups is 1. The first-order valence-electron chi connectivity index (χ1n) is 14.3. The van der Waals surface area contributed by atoms with Crippen LogP contribution >= 0.6 is 0 Å². The van der Waals surface area contributed by atoms with Crippen molar-refractivity contribution in [3.63, 3.8) is 0 Å². The van der Waals surface area contributed by atoms with Crippen LogP contribution in [0.4, 0.5) is 5.69 Å². The van der Waals surface area contributed by atoms with Crippen LogP contribution in [0.1, 0.15) is 43.9 Å². The van der Waals surface area contributed by atoms with Gasteiger partial charge in [-0.2, -0.15) is 5.26 Å². The van der Waals surface area contributed by atoms with Gasteiger partial charge in [-0.05, 0) is 66.3 Å². The Morgan fingerprint density at radius 2 is 1.90 bits per heavy atom. The van der Waals surface area contributed by atoms with Crippen molar-refractivity contribution in [1.29, 1.82) is 5.26 Å². The van der Waals surface area contributed by atoms with Crippen LogP contribution in [0.25, 0.3) is 16.8 Å². The first-order valence-corrected chi connectivity index (χ1v) is 14.3. The van der Waals surface area contributed by atoms with Crippen molar-refractivity contribution in [1.82, 2.24) is 20.3 Å². The largest absolute Gasteiger partial charge is 0.390 e. The zero-order valence-electron chi connectivity index (χ0n) is 23.6. The van der Waals surface area contributed by atoms with Gasteiger partial charge in [0, 0.05) is 44.3 Å². The number of methoxy groups -OCH3 is 1. The molecule has 41 heavy (non-hydrogen) atoms. The second-order valence-electron chi connectivity index (χ2n) is 11.2. The molecule has 1 saturated carbocycles. The van der Waals surface area contributed by atoms with Crippen molar-refractivity contribution in [3.05, 3.63) is 59.4 Å². The number of hydrogen-bond donors (Lipinski definition) is 3. The Labute approximate surface area is 240 Å². The number of aromatic nitrogens is 3. The van der Waals surface area contributed by atoms with Gasteiger partial charge in [0.2, 0.25) is 0 Å². The van der Waals surface area contributed by atoms with Gasteiger partial charge in [0.25, 0.3) is 5.91 Å². The molecule has 3 aromatic rings. The summed E-state index contributed by atoms with van der Waals surface area (Å²) in [4.78, 5) is 15.2. The number of nitrogens with zero attached hydrogens (tertiary/aromatic N) is 5. The Balaban J connectivity index is 1.19. The number of fused-ring (bicyclic) bond motifs is 1. The molecule has 2 aliphatic rings. The lowest BCUT2D eigenvalue weighted by molar-refractivity contribution is -0.131. The highest BCUT2D eigenvalue weighted by Crippen LogP contribution is 2.32. The van der Waals surface area contributed by atoms with Crippen LogP contribution in [-0.2, 0) is 22.6 Å². The quantitative estimate of drug-likeness (QED) is 0.284. The number of piperidine rings is 1. The van der Waals surface area contributed by atoms with Crippen LogP contribution in [0, 0.1) is 23.2 Å². The number of aliphatic hydroxyl groups excluding tert-OH is 2. The molecule has 2 heterocycles. The molecule has 1 aromatic heterocycles. The van der Waals surface area contributed by atoms with E-state index in [-0.39, 0.29) is 30.1 Å². The Kier molecular flexibility index (Phi) is 8.98. The number of amides is 1. The van der Waals surface area contributed by atoms with Crippen LogP contribution in [0.15, 0.2) is 48.2 Å². The lowest BCUT2D eigenvalue weighted by Gasteiger charge is -2.40. The van der Waals surface area contributed by atoms with E-state index >= 15 is 0 Å². The summed E-state index contributed by atoms with van der Waals surface area (Å²) in [7, 11) is 1.61. The van der Waals surface area contributed by atoms with Crippen molar-refractivity contribution in [2.24, 2.45) is 11.8 Å². The van der Waals surface area contributed by atoms with Gasteiger partial charge < -0.3 is 25.2 Å². The molecular weight excluding hydrogens is 520 g/mol. The molecule has 10 nitrogen and oxygen atoms in total. The Hall–Kier alpha value is -3.78. The molecule has 3 N–H and O–H groups in total. The minimum absolute atomic E-state index is 0.000668. The number of aliphatic hydroxyl groups is 2. The number of anilines is 1. The van der Waals surface area contributed by atoms with Gasteiger partial charge in [-0.15, -0.1) is 5.10 Å². The first kappa shape index (κ1) is 28.7. The molecule has 1 aliphatic heterocycles. The molecule has 1 saturated heterocycles. The SMILES string of the molecule is CO[C@H]1C[C@H](Cn2cc(CNC(=O)/C(C#N)=C/c3ccc4cc(N5CCCCC5)ccc4c3)nn2)[C@@H](O)[C@H](O)[C@H]1C. The fourth-order valence-electron chi connectivity index (χ4n) is 5.98. The van der Waals surface area contributed by atoms with Crippen LogP contribution < -0.4 is 10.2 Å². The summed E-state index contributed by atoms with van der Waals surface area (Å²) in [5.74, 6) is -0.908. The Morgan fingerprint density at radius 1 is 1.15 bits per heavy atom. The minimum Gasteiger partial charge on any atom is -0.390 e. The molecule has 0 spiro atoms. The summed E-state index contributed by atoms with van der Waals surface area (Å²) in [5, 5.41) is 43.7. The molecule has 5 atom stereocenters. The van der Waals surface area contributed by atoms with Gasteiger partial charge in [0.15, 0.2) is 0 Å². The minimum atomic E-state index is -0.890. The molecule has 1 aliphatic carbocycles. The van der Waals surface area contributed by atoms with Crippen molar-refractivity contribution in [3.8, 4) is 6.07 Å². The zero-order valence-corrected chi connectivity index (χ0v) is 23.6. The second-order valence-corrected chi connectivity index (χ2v) is 11.2. The maximum atomic E-state index is 12.8. The lowest BCUT2D eigenvalue weighted by Crippen LogP contribution is -2.50. The third-order valence-corrected chi connectivity index (χ3v) is 8.48. The maximum Gasteiger partial charge on any atom is 0.262 e. The molecule has 0 unspecified atom stereocenters. The third kappa shape index (κ3) is 6.59. The van der Waals surface area contributed by atoms with E-state index in [1.165, 1.54) is 24.9 Å². The molecule has 0 radical (unpaired) electrons. The number of ether oxygens (including phenoxy) is 1. The number of rotatable bonds is 8. The predicted octanol–water partition coefficient (Wildman–Crippen LogP) is 3.04. The monoisotopic (exact) mass is 558 g/mol. The second kappa shape index (κ2) is 12.8. The van der Waals surface area contributed by atoms with E-state index < -0.39 is 18.1 Å². The van der Waals surface area contributed by atoms with Crippen molar-refractivity contribution < 1.29 is 19.7 Å². The van der Waals surface area contributed by atoms with E-state index in [9.17, 15) is 20.3 Å². The summed E-state index contributed by atoms with van der Waals surface area (Å²) >= 11 is 0. The smallest absolute Gasteiger partial charge is 0.262 e. The normalized spacial score (nSPS) is 25.2. The highest BCUT2D eigenvalue weighted by atomic mass is 16.5. The average Bonchev–Trinajstić information content (AvgIpc) is 3.46. The average molecular weight is 559 g/mol. The molecule has 0 bridgehead atoms. The van der Waals surface area contributed by atoms with Crippen LogP contribution in [0.2, 0.25) is 0 Å². The summed E-state index contributed by atoms with van der Waals surface area (Å²) in [5.41, 5.74) is 2.53. The zero-order chi connectivity index (χ0) is 28.9. The van der Waals surface area contributed by atoms with Crippen molar-refractivity contribution >= 4 is 28.4 Å². The van der Waals surface area contributed by atoms with E-state index in [1.54, 1.807) is 24.1 Å². The summed E-state index contributed by atoms with van der Waals surface area (Å²) in [6.07, 6.45) is 5.69. The number of carbonyl (C=O) groups excluding carboxylic acids is 1. The summed E-state index contributed by atoms with van der Waals surface area (Å²) < 4.78 is 7.08. The predicted molar refractivity (Wildman–Crippen MR) is 156 cm³/mol. The molecule has 1 amide bonds. The standard InChI is InChI=1S/C31H38N6O4/c1-20-28(41-2)15-25(30(39)29(20)38)18-37-19-26(34-35-37)17-33-31(40)24(16-32)13-21-6-7-23-14-27(9-8-22(23)12-21)36-10-4-3-5-11-36/h6-9,12-14,19-20,25,28-30,38-39H,3-5,10-11,15,17-18H2,1-2H3,(H,33,40)/b24-13+/t20-,25+,28-,29+,30+/m0/s1. The number of nitrogens with one attached hydrogen (secondary N) is 1. The van der Waals surface area contributed by atoms with Gasteiger partial charge in [-0.3, -0.25) is 9.48 Å². The van der Waals surface area contributed by atoms with E-state index in [1.807, 2.05) is 31.2 Å². The van der Waals surface area contributed by atoms with E-state index in [4.69, 9.17) is 4.74 Å². The Bertz CT molecular complexity index is 1440. The van der Waals surface area contributed by atoms with Crippen LogP contribution in [0.3, 0.4) is 0 Å². The molecule has 10 heteroatoms. The fourth-order valence-corrected chi connectivity index (χ4v) is 5.98.